The first-order valence-corrected chi connectivity index (χ1v) is 5.22. The van der Waals surface area contributed by atoms with Crippen molar-refractivity contribution in [3.05, 3.63) is 29.8 Å². The Kier molecular flexibility index (Phi) is 2.67. The van der Waals surface area contributed by atoms with Gasteiger partial charge < -0.3 is 15.6 Å². The van der Waals surface area contributed by atoms with Gasteiger partial charge in [0, 0.05) is 18.6 Å². The highest BCUT2D eigenvalue weighted by Crippen LogP contribution is 2.53. The van der Waals surface area contributed by atoms with Gasteiger partial charge in [-0.05, 0) is 30.0 Å². The lowest BCUT2D eigenvalue weighted by Crippen LogP contribution is -2.23. The molecular formula is C12H17NO2. The van der Waals surface area contributed by atoms with Crippen LogP contribution >= 0.6 is 0 Å². The molecule has 2 unspecified atom stereocenters. The van der Waals surface area contributed by atoms with Crippen LogP contribution in [0.25, 0.3) is 0 Å². The van der Waals surface area contributed by atoms with Crippen LogP contribution in [0.3, 0.4) is 0 Å². The van der Waals surface area contributed by atoms with E-state index in [0.29, 0.717) is 12.5 Å². The molecule has 1 aromatic carbocycles. The highest BCUT2D eigenvalue weighted by atomic mass is 16.5. The lowest BCUT2D eigenvalue weighted by Gasteiger charge is -2.15. The quantitative estimate of drug-likeness (QED) is 0.771. The standard InChI is InChI=1S/C12H17NO2/c1-15-11-4-2-9(3-5-11)12(8-13)6-10(12)7-14/h2-5,10,14H,6-8,13H2,1H3. The Morgan fingerprint density at radius 1 is 1.47 bits per heavy atom. The minimum Gasteiger partial charge on any atom is -0.497 e. The molecule has 0 radical (unpaired) electrons. The fourth-order valence-corrected chi connectivity index (χ4v) is 2.26. The van der Waals surface area contributed by atoms with Gasteiger partial charge in [0.05, 0.1) is 7.11 Å². The monoisotopic (exact) mass is 207 g/mol. The van der Waals surface area contributed by atoms with Crippen LogP contribution in [-0.2, 0) is 5.41 Å². The van der Waals surface area contributed by atoms with Crippen LogP contribution in [0.2, 0.25) is 0 Å². The molecule has 1 fully saturated rings. The number of aliphatic hydroxyl groups excluding tert-OH is 1. The Hall–Kier alpha value is -1.06. The molecular weight excluding hydrogens is 190 g/mol. The predicted molar refractivity (Wildman–Crippen MR) is 58.9 cm³/mol. The average molecular weight is 207 g/mol. The molecule has 0 saturated heterocycles. The minimum atomic E-state index is 0.0149. The Bertz CT molecular complexity index is 336. The molecule has 0 aliphatic heterocycles. The first-order chi connectivity index (χ1) is 7.26. The molecule has 2 rings (SSSR count). The molecule has 15 heavy (non-hydrogen) atoms. The normalized spacial score (nSPS) is 28.9. The summed E-state index contributed by atoms with van der Waals surface area (Å²) in [6.45, 7) is 0.827. The van der Waals surface area contributed by atoms with Gasteiger partial charge in [0.25, 0.3) is 0 Å². The van der Waals surface area contributed by atoms with Gasteiger partial charge >= 0.3 is 0 Å². The fourth-order valence-electron chi connectivity index (χ4n) is 2.26. The second-order valence-electron chi connectivity index (χ2n) is 4.17. The number of aliphatic hydroxyl groups is 1. The van der Waals surface area contributed by atoms with Crippen molar-refractivity contribution in [1.29, 1.82) is 0 Å². The van der Waals surface area contributed by atoms with Crippen molar-refractivity contribution in [2.75, 3.05) is 20.3 Å². The average Bonchev–Trinajstić information content (AvgIpc) is 3.04. The van der Waals surface area contributed by atoms with Gasteiger partial charge in [-0.2, -0.15) is 0 Å². The van der Waals surface area contributed by atoms with E-state index in [2.05, 4.69) is 0 Å². The number of benzene rings is 1. The Labute approximate surface area is 89.9 Å². The number of hydrogen-bond donors (Lipinski definition) is 2. The number of hydrogen-bond acceptors (Lipinski definition) is 3. The van der Waals surface area contributed by atoms with Crippen LogP contribution in [0, 0.1) is 5.92 Å². The van der Waals surface area contributed by atoms with Crippen molar-refractivity contribution in [3.8, 4) is 5.75 Å². The first kappa shape index (κ1) is 10.5. The van der Waals surface area contributed by atoms with Crippen LogP contribution in [0.15, 0.2) is 24.3 Å². The van der Waals surface area contributed by atoms with Crippen LogP contribution in [-0.4, -0.2) is 25.4 Å². The zero-order valence-electron chi connectivity index (χ0n) is 8.94. The zero-order valence-corrected chi connectivity index (χ0v) is 8.94. The van der Waals surface area contributed by atoms with E-state index in [1.54, 1.807) is 7.11 Å². The lowest BCUT2D eigenvalue weighted by atomic mass is 9.93. The topological polar surface area (TPSA) is 55.5 Å². The van der Waals surface area contributed by atoms with Crippen LogP contribution in [0.1, 0.15) is 12.0 Å². The Morgan fingerprint density at radius 2 is 2.13 bits per heavy atom. The van der Waals surface area contributed by atoms with Crippen molar-refractivity contribution in [1.82, 2.24) is 0 Å². The zero-order chi connectivity index (χ0) is 10.9. The van der Waals surface area contributed by atoms with Crippen LogP contribution in [0.4, 0.5) is 0 Å². The molecule has 0 heterocycles. The summed E-state index contributed by atoms with van der Waals surface area (Å²) >= 11 is 0. The molecule has 3 heteroatoms. The summed E-state index contributed by atoms with van der Waals surface area (Å²) in [7, 11) is 1.65. The van der Waals surface area contributed by atoms with Crippen molar-refractivity contribution in [2.24, 2.45) is 11.7 Å². The van der Waals surface area contributed by atoms with Crippen molar-refractivity contribution < 1.29 is 9.84 Å². The van der Waals surface area contributed by atoms with E-state index in [1.165, 1.54) is 5.56 Å². The first-order valence-electron chi connectivity index (χ1n) is 5.22. The Balaban J connectivity index is 2.22. The Morgan fingerprint density at radius 3 is 2.53 bits per heavy atom. The maximum Gasteiger partial charge on any atom is 0.118 e. The third kappa shape index (κ3) is 1.62. The molecule has 2 atom stereocenters. The third-order valence-corrected chi connectivity index (χ3v) is 3.48. The number of nitrogens with two attached hydrogens (primary N) is 1. The van der Waals surface area contributed by atoms with Gasteiger partial charge in [-0.15, -0.1) is 0 Å². The maximum absolute atomic E-state index is 9.15. The fraction of sp³-hybridized carbons (Fsp3) is 0.500. The summed E-state index contributed by atoms with van der Waals surface area (Å²) in [6, 6.07) is 7.97. The van der Waals surface area contributed by atoms with E-state index in [-0.39, 0.29) is 12.0 Å². The van der Waals surface area contributed by atoms with Crippen molar-refractivity contribution in [2.45, 2.75) is 11.8 Å². The largest absolute Gasteiger partial charge is 0.497 e. The van der Waals surface area contributed by atoms with Gasteiger partial charge in [0.15, 0.2) is 0 Å². The number of methoxy groups -OCH3 is 1. The van der Waals surface area contributed by atoms with E-state index in [1.807, 2.05) is 24.3 Å². The second-order valence-corrected chi connectivity index (χ2v) is 4.17. The molecule has 1 aliphatic rings. The predicted octanol–water partition coefficient (Wildman–Crippen LogP) is 0.904. The van der Waals surface area contributed by atoms with Crippen molar-refractivity contribution in [3.63, 3.8) is 0 Å². The van der Waals surface area contributed by atoms with Gasteiger partial charge in [-0.25, -0.2) is 0 Å². The number of ether oxygens (including phenoxy) is 1. The maximum atomic E-state index is 9.15. The van der Waals surface area contributed by atoms with Crippen LogP contribution in [0.5, 0.6) is 5.75 Å². The van der Waals surface area contributed by atoms with Crippen molar-refractivity contribution >= 4 is 0 Å². The smallest absolute Gasteiger partial charge is 0.118 e. The van der Waals surface area contributed by atoms with Crippen LogP contribution < -0.4 is 10.5 Å². The molecule has 3 nitrogen and oxygen atoms in total. The SMILES string of the molecule is COc1ccc(C2(CN)CC2CO)cc1. The summed E-state index contributed by atoms with van der Waals surface area (Å²) in [5, 5.41) is 9.15. The molecule has 0 amide bonds. The highest BCUT2D eigenvalue weighted by molar-refractivity contribution is 5.38. The summed E-state index contributed by atoms with van der Waals surface area (Å²) in [5.41, 5.74) is 7.02. The summed E-state index contributed by atoms with van der Waals surface area (Å²) < 4.78 is 5.11. The summed E-state index contributed by atoms with van der Waals surface area (Å²) in [6.07, 6.45) is 0.992. The second kappa shape index (κ2) is 3.83. The van der Waals surface area contributed by atoms with E-state index >= 15 is 0 Å². The summed E-state index contributed by atoms with van der Waals surface area (Å²) in [5.74, 6) is 1.18. The van der Waals surface area contributed by atoms with E-state index < -0.39 is 0 Å². The van der Waals surface area contributed by atoms with Gasteiger partial charge in [-0.3, -0.25) is 0 Å². The van der Waals surface area contributed by atoms with Gasteiger partial charge in [0.1, 0.15) is 5.75 Å². The third-order valence-electron chi connectivity index (χ3n) is 3.48. The molecule has 1 aliphatic carbocycles. The molecule has 82 valence electrons. The molecule has 0 aromatic heterocycles. The minimum absolute atomic E-state index is 0.0149. The summed E-state index contributed by atoms with van der Waals surface area (Å²) in [4.78, 5) is 0. The van der Waals surface area contributed by atoms with Gasteiger partial charge in [0.2, 0.25) is 0 Å². The van der Waals surface area contributed by atoms with Gasteiger partial charge in [-0.1, -0.05) is 12.1 Å². The molecule has 0 spiro atoms. The van der Waals surface area contributed by atoms with E-state index in [0.717, 1.165) is 12.2 Å². The van der Waals surface area contributed by atoms with E-state index in [4.69, 9.17) is 15.6 Å². The molecule has 0 bridgehead atoms. The molecule has 1 saturated carbocycles. The molecule has 3 N–H and O–H groups in total. The highest BCUT2D eigenvalue weighted by Gasteiger charge is 2.53. The molecule has 1 aromatic rings. The number of rotatable bonds is 4. The van der Waals surface area contributed by atoms with E-state index in [9.17, 15) is 0 Å². The lowest BCUT2D eigenvalue weighted by molar-refractivity contribution is 0.264.